The van der Waals surface area contributed by atoms with Gasteiger partial charge in [0.2, 0.25) is 5.95 Å². The summed E-state index contributed by atoms with van der Waals surface area (Å²) in [6, 6.07) is 11.9. The minimum atomic E-state index is -0.256. The van der Waals surface area contributed by atoms with Crippen molar-refractivity contribution >= 4 is 28.9 Å². The van der Waals surface area contributed by atoms with Gasteiger partial charge in [-0.3, -0.25) is 0 Å². The van der Waals surface area contributed by atoms with Crippen LogP contribution < -0.4 is 10.6 Å². The standard InChI is InChI=1S/C21H24N6O2/c22-20-24-18-16(6-9-23-18)19(25-20)27-11-8-15-7-10-26(12-17(15)27)21(28)29-13-14-4-2-1-3-5-14/h1-6,9,15,17H,7-8,10-13H2,(H3,22,23,24,25)/t15-,17-/m1/s1. The van der Waals surface area contributed by atoms with Crippen LogP contribution in [0.3, 0.4) is 0 Å². The number of anilines is 2. The van der Waals surface area contributed by atoms with Crippen molar-refractivity contribution < 1.29 is 9.53 Å². The second-order valence-electron chi connectivity index (χ2n) is 7.73. The zero-order chi connectivity index (χ0) is 19.8. The molecule has 0 radical (unpaired) electrons. The van der Waals surface area contributed by atoms with Gasteiger partial charge in [0.25, 0.3) is 0 Å². The van der Waals surface area contributed by atoms with E-state index in [1.165, 1.54) is 0 Å². The van der Waals surface area contributed by atoms with E-state index < -0.39 is 0 Å². The maximum atomic E-state index is 12.7. The number of hydrogen-bond acceptors (Lipinski definition) is 6. The van der Waals surface area contributed by atoms with Gasteiger partial charge in [-0.05, 0) is 30.4 Å². The van der Waals surface area contributed by atoms with Gasteiger partial charge in [-0.1, -0.05) is 30.3 Å². The molecule has 3 aromatic rings. The van der Waals surface area contributed by atoms with E-state index in [1.54, 1.807) is 0 Å². The molecule has 5 rings (SSSR count). The Bertz CT molecular complexity index is 1020. The van der Waals surface area contributed by atoms with Gasteiger partial charge in [-0.25, -0.2) is 4.79 Å². The summed E-state index contributed by atoms with van der Waals surface area (Å²) < 4.78 is 5.55. The Hall–Kier alpha value is -3.29. The van der Waals surface area contributed by atoms with Crippen molar-refractivity contribution in [3.05, 3.63) is 48.2 Å². The molecule has 0 spiro atoms. The molecule has 0 saturated carbocycles. The van der Waals surface area contributed by atoms with E-state index in [2.05, 4.69) is 19.9 Å². The Morgan fingerprint density at radius 2 is 2.00 bits per heavy atom. The Labute approximate surface area is 168 Å². The number of nitrogens with two attached hydrogens (primary N) is 1. The first kappa shape index (κ1) is 17.8. The van der Waals surface area contributed by atoms with Crippen LogP contribution in [0.5, 0.6) is 0 Å². The lowest BCUT2D eigenvalue weighted by atomic mass is 9.92. The van der Waals surface area contributed by atoms with Gasteiger partial charge in [0.1, 0.15) is 18.1 Å². The van der Waals surface area contributed by atoms with Crippen LogP contribution in [0.15, 0.2) is 42.6 Å². The summed E-state index contributed by atoms with van der Waals surface area (Å²) in [5.74, 6) is 1.65. The summed E-state index contributed by atoms with van der Waals surface area (Å²) in [6.45, 7) is 2.56. The number of nitrogens with zero attached hydrogens (tertiary/aromatic N) is 4. The third-order valence-electron chi connectivity index (χ3n) is 6.01. The van der Waals surface area contributed by atoms with Crippen LogP contribution in [0, 0.1) is 5.92 Å². The van der Waals surface area contributed by atoms with E-state index >= 15 is 0 Å². The van der Waals surface area contributed by atoms with E-state index in [0.717, 1.165) is 48.3 Å². The molecule has 2 atom stereocenters. The molecule has 2 fully saturated rings. The highest BCUT2D eigenvalue weighted by molar-refractivity contribution is 5.88. The topological polar surface area (TPSA) is 100 Å². The van der Waals surface area contributed by atoms with Crippen molar-refractivity contribution in [1.82, 2.24) is 19.9 Å². The quantitative estimate of drug-likeness (QED) is 0.711. The number of fused-ring (bicyclic) bond motifs is 2. The van der Waals surface area contributed by atoms with Crippen LogP contribution in [0.2, 0.25) is 0 Å². The molecule has 29 heavy (non-hydrogen) atoms. The Balaban J connectivity index is 1.32. The van der Waals surface area contributed by atoms with Crippen molar-refractivity contribution in [2.75, 3.05) is 30.3 Å². The normalized spacial score (nSPS) is 21.4. The van der Waals surface area contributed by atoms with Gasteiger partial charge in [0.15, 0.2) is 0 Å². The third kappa shape index (κ3) is 3.35. The Morgan fingerprint density at radius 1 is 1.17 bits per heavy atom. The fourth-order valence-electron chi connectivity index (χ4n) is 4.54. The number of benzene rings is 1. The van der Waals surface area contributed by atoms with Gasteiger partial charge in [-0.15, -0.1) is 0 Å². The first-order valence-electron chi connectivity index (χ1n) is 10.0. The predicted molar refractivity (Wildman–Crippen MR) is 110 cm³/mol. The monoisotopic (exact) mass is 392 g/mol. The second kappa shape index (κ2) is 7.27. The molecule has 8 nitrogen and oxygen atoms in total. The first-order valence-corrected chi connectivity index (χ1v) is 10.0. The van der Waals surface area contributed by atoms with Crippen molar-refractivity contribution in [3.8, 4) is 0 Å². The number of aromatic nitrogens is 3. The molecule has 2 aliphatic heterocycles. The highest BCUT2D eigenvalue weighted by Crippen LogP contribution is 2.37. The number of aromatic amines is 1. The Kier molecular flexibility index (Phi) is 4.46. The molecule has 4 heterocycles. The molecule has 1 amide bonds. The van der Waals surface area contributed by atoms with Crippen LogP contribution in [-0.2, 0) is 11.3 Å². The molecule has 0 bridgehead atoms. The largest absolute Gasteiger partial charge is 0.445 e. The highest BCUT2D eigenvalue weighted by atomic mass is 16.6. The third-order valence-corrected chi connectivity index (χ3v) is 6.01. The summed E-state index contributed by atoms with van der Waals surface area (Å²) in [5.41, 5.74) is 7.67. The molecule has 3 N–H and O–H groups in total. The number of H-pyrrole nitrogens is 1. The number of carbonyl (C=O) groups is 1. The van der Waals surface area contributed by atoms with Crippen molar-refractivity contribution in [2.45, 2.75) is 25.5 Å². The lowest BCUT2D eigenvalue weighted by Crippen LogP contribution is -2.50. The molecular formula is C21H24N6O2. The second-order valence-corrected chi connectivity index (χ2v) is 7.73. The van der Waals surface area contributed by atoms with Crippen LogP contribution in [-0.4, -0.2) is 51.6 Å². The molecule has 0 aliphatic carbocycles. The smallest absolute Gasteiger partial charge is 0.410 e. The maximum absolute atomic E-state index is 12.7. The number of rotatable bonds is 3. The first-order chi connectivity index (χ1) is 14.2. The highest BCUT2D eigenvalue weighted by Gasteiger charge is 2.41. The van der Waals surface area contributed by atoms with Crippen LogP contribution >= 0.6 is 0 Å². The number of nitrogens with one attached hydrogen (secondary N) is 1. The van der Waals surface area contributed by atoms with Crippen LogP contribution in [0.25, 0.3) is 11.0 Å². The molecule has 2 saturated heterocycles. The van der Waals surface area contributed by atoms with Gasteiger partial charge >= 0.3 is 6.09 Å². The van der Waals surface area contributed by atoms with Gasteiger partial charge in [0.05, 0.1) is 11.4 Å². The van der Waals surface area contributed by atoms with Crippen molar-refractivity contribution in [1.29, 1.82) is 0 Å². The van der Waals surface area contributed by atoms with Crippen molar-refractivity contribution in [3.63, 3.8) is 0 Å². The molecule has 1 aromatic carbocycles. The number of piperidine rings is 1. The van der Waals surface area contributed by atoms with Crippen LogP contribution in [0.1, 0.15) is 18.4 Å². The number of ether oxygens (including phenoxy) is 1. The minimum absolute atomic E-state index is 0.209. The fourth-order valence-corrected chi connectivity index (χ4v) is 4.54. The summed E-state index contributed by atoms with van der Waals surface area (Å²) in [7, 11) is 0. The maximum Gasteiger partial charge on any atom is 0.410 e. The summed E-state index contributed by atoms with van der Waals surface area (Å²) >= 11 is 0. The number of carbonyl (C=O) groups excluding carboxylic acids is 1. The van der Waals surface area contributed by atoms with E-state index in [1.807, 2.05) is 47.5 Å². The molecule has 2 aromatic heterocycles. The van der Waals surface area contributed by atoms with Gasteiger partial charge in [-0.2, -0.15) is 9.97 Å². The SMILES string of the molecule is Nc1nc(N2CC[C@H]3CCN(C(=O)OCc4ccccc4)C[C@H]32)c2cc[nH]c2n1. The zero-order valence-electron chi connectivity index (χ0n) is 16.1. The lowest BCUT2D eigenvalue weighted by Gasteiger charge is -2.38. The van der Waals surface area contributed by atoms with Gasteiger partial charge < -0.3 is 25.3 Å². The Morgan fingerprint density at radius 3 is 2.86 bits per heavy atom. The lowest BCUT2D eigenvalue weighted by molar-refractivity contribution is 0.0800. The van der Waals surface area contributed by atoms with E-state index in [4.69, 9.17) is 10.5 Å². The molecule has 0 unspecified atom stereocenters. The number of nitrogen functional groups attached to an aromatic ring is 1. The average molecular weight is 392 g/mol. The number of likely N-dealkylation sites (tertiary alicyclic amines) is 1. The molecule has 2 aliphatic rings. The number of amides is 1. The summed E-state index contributed by atoms with van der Waals surface area (Å²) in [5, 5.41) is 0.962. The minimum Gasteiger partial charge on any atom is -0.445 e. The number of hydrogen-bond donors (Lipinski definition) is 2. The summed E-state index contributed by atoms with van der Waals surface area (Å²) in [6.07, 6.45) is 3.66. The molecular weight excluding hydrogens is 368 g/mol. The zero-order valence-corrected chi connectivity index (χ0v) is 16.1. The van der Waals surface area contributed by atoms with E-state index in [9.17, 15) is 4.79 Å². The van der Waals surface area contributed by atoms with Crippen molar-refractivity contribution in [2.24, 2.45) is 5.92 Å². The van der Waals surface area contributed by atoms with Crippen LogP contribution in [0.4, 0.5) is 16.6 Å². The van der Waals surface area contributed by atoms with E-state index in [-0.39, 0.29) is 18.1 Å². The fraction of sp³-hybridized carbons (Fsp3) is 0.381. The van der Waals surface area contributed by atoms with E-state index in [0.29, 0.717) is 19.1 Å². The molecule has 150 valence electrons. The molecule has 8 heteroatoms. The predicted octanol–water partition coefficient (Wildman–Crippen LogP) is 2.78. The average Bonchev–Trinajstić information content (AvgIpc) is 3.38. The van der Waals surface area contributed by atoms with Gasteiger partial charge in [0, 0.05) is 25.8 Å². The summed E-state index contributed by atoms with van der Waals surface area (Å²) in [4.78, 5) is 28.7.